The molecule has 23 heavy (non-hydrogen) atoms. The van der Waals surface area contributed by atoms with Crippen molar-refractivity contribution in [2.75, 3.05) is 0 Å². The molecule has 0 bridgehead atoms. The fraction of sp³-hybridized carbons (Fsp3) is 0.200. The lowest BCUT2D eigenvalue weighted by molar-refractivity contribution is 0.535. The quantitative estimate of drug-likeness (QED) is 0.552. The van der Waals surface area contributed by atoms with Gasteiger partial charge in [-0.3, -0.25) is 0 Å². The van der Waals surface area contributed by atoms with Crippen LogP contribution in [0, 0.1) is 6.92 Å². The van der Waals surface area contributed by atoms with E-state index < -0.39 is 16.2 Å². The largest absolute Gasteiger partial charge is 0.238 e. The summed E-state index contributed by atoms with van der Waals surface area (Å²) in [5, 5.41) is 5.38. The Hall–Kier alpha value is -1.81. The number of hydrogen-bond acceptors (Lipinski definition) is 6. The van der Waals surface area contributed by atoms with E-state index in [1.807, 2.05) is 37.3 Å². The first kappa shape index (κ1) is 16.1. The molecule has 8 heteroatoms. The lowest BCUT2D eigenvalue weighted by Gasteiger charge is -2.18. The van der Waals surface area contributed by atoms with Crippen molar-refractivity contribution in [1.29, 1.82) is 0 Å². The van der Waals surface area contributed by atoms with E-state index in [4.69, 9.17) is 5.14 Å². The smallest absolute Gasteiger partial charge is 0.225 e. The van der Waals surface area contributed by atoms with E-state index in [0.717, 1.165) is 11.1 Å². The number of hydrogen-bond donors (Lipinski definition) is 5. The zero-order chi connectivity index (χ0) is 16.4. The third-order valence-electron chi connectivity index (χ3n) is 3.76. The summed E-state index contributed by atoms with van der Waals surface area (Å²) in [5.41, 5.74) is 15.0. The second kappa shape index (κ2) is 6.36. The van der Waals surface area contributed by atoms with Crippen molar-refractivity contribution in [1.82, 2.24) is 21.9 Å². The Labute approximate surface area is 135 Å². The summed E-state index contributed by atoms with van der Waals surface area (Å²) in [6.45, 7) is 2.03. The maximum Gasteiger partial charge on any atom is 0.238 e. The number of rotatable bonds is 4. The van der Waals surface area contributed by atoms with Gasteiger partial charge in [0.1, 0.15) is 6.17 Å². The predicted octanol–water partition coefficient (Wildman–Crippen LogP) is 0.349. The molecule has 2 aromatic rings. The van der Waals surface area contributed by atoms with Crippen molar-refractivity contribution in [3.8, 4) is 0 Å². The number of sulfonamides is 1. The Balaban J connectivity index is 2.06. The van der Waals surface area contributed by atoms with Crippen molar-refractivity contribution in [2.45, 2.75) is 24.4 Å². The molecule has 1 saturated heterocycles. The van der Waals surface area contributed by atoms with Crippen LogP contribution in [0.2, 0.25) is 0 Å². The average Bonchev–Trinajstić information content (AvgIpc) is 3.02. The molecular formula is C15H19N5O2S. The van der Waals surface area contributed by atoms with Crippen LogP contribution in [0.5, 0.6) is 0 Å². The molecule has 0 spiro atoms. The Morgan fingerprint density at radius 3 is 2.30 bits per heavy atom. The fourth-order valence-corrected chi connectivity index (χ4v) is 3.47. The number of nitrogens with two attached hydrogens (primary N) is 1. The molecule has 0 unspecified atom stereocenters. The van der Waals surface area contributed by atoms with Crippen LogP contribution in [0.15, 0.2) is 47.4 Å². The molecule has 6 N–H and O–H groups in total. The van der Waals surface area contributed by atoms with E-state index in [1.54, 1.807) is 6.07 Å². The zero-order valence-electron chi connectivity index (χ0n) is 12.6. The summed E-state index contributed by atoms with van der Waals surface area (Å²) in [6.07, 6.45) is 0.198. The van der Waals surface area contributed by atoms with Crippen molar-refractivity contribution in [3.63, 3.8) is 0 Å². The van der Waals surface area contributed by atoms with Gasteiger partial charge in [-0.1, -0.05) is 42.0 Å². The van der Waals surface area contributed by atoms with Gasteiger partial charge in [0.2, 0.25) is 10.0 Å². The topological polar surface area (TPSA) is 108 Å². The molecule has 0 saturated carbocycles. The van der Waals surface area contributed by atoms with Gasteiger partial charge in [-0.25, -0.2) is 24.4 Å². The van der Waals surface area contributed by atoms with Crippen molar-refractivity contribution < 1.29 is 8.42 Å². The molecule has 3 rings (SSSR count). The van der Waals surface area contributed by atoms with E-state index >= 15 is 0 Å². The van der Waals surface area contributed by atoms with Gasteiger partial charge >= 0.3 is 0 Å². The number of benzene rings is 2. The monoisotopic (exact) mass is 333 g/mol. The van der Waals surface area contributed by atoms with Crippen LogP contribution in [-0.4, -0.2) is 8.42 Å². The van der Waals surface area contributed by atoms with Gasteiger partial charge in [-0.05, 0) is 30.5 Å². The molecule has 2 aromatic carbocycles. The zero-order valence-corrected chi connectivity index (χ0v) is 13.4. The Kier molecular flexibility index (Phi) is 4.44. The van der Waals surface area contributed by atoms with Crippen molar-refractivity contribution in [2.24, 2.45) is 5.14 Å². The Morgan fingerprint density at radius 2 is 1.70 bits per heavy atom. The number of aryl methyl sites for hydroxylation is 1. The lowest BCUT2D eigenvalue weighted by atomic mass is 9.97. The van der Waals surface area contributed by atoms with Crippen molar-refractivity contribution >= 4 is 10.0 Å². The number of primary sulfonamides is 1. The van der Waals surface area contributed by atoms with Crippen LogP contribution in [0.1, 0.15) is 28.4 Å². The molecular weight excluding hydrogens is 314 g/mol. The molecule has 1 heterocycles. The van der Waals surface area contributed by atoms with Crippen LogP contribution in [0.3, 0.4) is 0 Å². The highest BCUT2D eigenvalue weighted by molar-refractivity contribution is 7.89. The molecule has 1 aliphatic heterocycles. The first-order valence-electron chi connectivity index (χ1n) is 7.16. The van der Waals surface area contributed by atoms with E-state index in [2.05, 4.69) is 21.9 Å². The van der Waals surface area contributed by atoms with E-state index in [-0.39, 0.29) is 4.90 Å². The van der Waals surface area contributed by atoms with Gasteiger partial charge in [0.05, 0.1) is 4.90 Å². The van der Waals surface area contributed by atoms with Gasteiger partial charge < -0.3 is 0 Å². The third kappa shape index (κ3) is 3.58. The minimum atomic E-state index is -3.83. The summed E-state index contributed by atoms with van der Waals surface area (Å²) in [7, 11) is -3.83. The van der Waals surface area contributed by atoms with E-state index in [9.17, 15) is 8.42 Å². The molecule has 0 amide bonds. The summed E-state index contributed by atoms with van der Waals surface area (Å²) >= 11 is 0. The minimum absolute atomic E-state index is 0.109. The third-order valence-corrected chi connectivity index (χ3v) is 4.73. The molecule has 0 aromatic heterocycles. The average molecular weight is 333 g/mol. The number of hydrazine groups is 3. The molecule has 0 atom stereocenters. The first-order valence-corrected chi connectivity index (χ1v) is 8.71. The SMILES string of the molecule is Cc1ccc(Cc2cccc(S(N)(=O)=O)c2C2NNNN2)cc1. The van der Waals surface area contributed by atoms with Crippen LogP contribution in [0.25, 0.3) is 0 Å². The van der Waals surface area contributed by atoms with Gasteiger partial charge in [-0.2, -0.15) is 11.1 Å². The second-order valence-electron chi connectivity index (χ2n) is 5.51. The maximum absolute atomic E-state index is 11.9. The second-order valence-corrected chi connectivity index (χ2v) is 7.04. The summed E-state index contributed by atoms with van der Waals surface area (Å²) < 4.78 is 23.9. The normalized spacial score (nSPS) is 15.9. The first-order chi connectivity index (χ1) is 10.9. The van der Waals surface area contributed by atoms with E-state index in [0.29, 0.717) is 12.0 Å². The highest BCUT2D eigenvalue weighted by atomic mass is 32.2. The molecule has 1 aliphatic rings. The van der Waals surface area contributed by atoms with Gasteiger partial charge in [-0.15, -0.1) is 0 Å². The molecule has 1 fully saturated rings. The lowest BCUT2D eigenvalue weighted by Crippen LogP contribution is -2.33. The van der Waals surface area contributed by atoms with Crippen molar-refractivity contribution in [3.05, 3.63) is 64.7 Å². The maximum atomic E-state index is 11.9. The van der Waals surface area contributed by atoms with Crippen LogP contribution < -0.4 is 27.1 Å². The Morgan fingerprint density at radius 1 is 1.04 bits per heavy atom. The van der Waals surface area contributed by atoms with Gasteiger partial charge in [0, 0.05) is 5.56 Å². The van der Waals surface area contributed by atoms with Crippen LogP contribution in [0.4, 0.5) is 0 Å². The number of nitrogens with one attached hydrogen (secondary N) is 4. The highest BCUT2D eigenvalue weighted by Crippen LogP contribution is 2.26. The minimum Gasteiger partial charge on any atom is -0.225 e. The Bertz CT molecular complexity index is 799. The highest BCUT2D eigenvalue weighted by Gasteiger charge is 2.26. The predicted molar refractivity (Wildman–Crippen MR) is 87.1 cm³/mol. The molecule has 0 aliphatic carbocycles. The van der Waals surface area contributed by atoms with E-state index in [1.165, 1.54) is 11.6 Å². The molecule has 7 nitrogen and oxygen atoms in total. The summed E-state index contributed by atoms with van der Waals surface area (Å²) in [5.74, 6) is 0. The van der Waals surface area contributed by atoms with Gasteiger partial charge in [0.25, 0.3) is 0 Å². The summed E-state index contributed by atoms with van der Waals surface area (Å²) in [4.78, 5) is 0.109. The molecule has 122 valence electrons. The standard InChI is InChI=1S/C15H19N5O2S/c1-10-5-7-11(8-6-10)9-12-3-2-4-13(23(16,21)22)14(12)15-17-19-20-18-15/h2-8,15,17-20H,9H2,1H3,(H2,16,21,22). The van der Waals surface area contributed by atoms with Crippen LogP contribution >= 0.6 is 0 Å². The summed E-state index contributed by atoms with van der Waals surface area (Å²) in [6, 6.07) is 13.3. The van der Waals surface area contributed by atoms with Gasteiger partial charge in [0.15, 0.2) is 0 Å². The molecule has 0 radical (unpaired) electrons. The fourth-order valence-electron chi connectivity index (χ4n) is 2.64. The van der Waals surface area contributed by atoms with Crippen LogP contribution in [-0.2, 0) is 16.4 Å².